The molecule has 96 valence electrons. The van der Waals surface area contributed by atoms with E-state index in [4.69, 9.17) is 9.15 Å². The summed E-state index contributed by atoms with van der Waals surface area (Å²) in [5.41, 5.74) is 2.34. The summed E-state index contributed by atoms with van der Waals surface area (Å²) in [6.07, 6.45) is 0. The number of hydrogen-bond acceptors (Lipinski definition) is 3. The molecule has 0 bridgehead atoms. The molecule has 0 saturated heterocycles. The van der Waals surface area contributed by atoms with Gasteiger partial charge in [-0.1, -0.05) is 12.1 Å². The van der Waals surface area contributed by atoms with E-state index in [1.54, 1.807) is 0 Å². The first-order valence-corrected chi connectivity index (χ1v) is 6.11. The molecule has 1 N–H and O–H groups in total. The summed E-state index contributed by atoms with van der Waals surface area (Å²) < 4.78 is 11.4. The average molecular weight is 245 g/mol. The van der Waals surface area contributed by atoms with E-state index in [1.807, 2.05) is 32.2 Å². The monoisotopic (exact) mass is 245 g/mol. The lowest BCUT2D eigenvalue weighted by Gasteiger charge is -2.08. The number of nitrogens with one attached hydrogen (secondary N) is 1. The van der Waals surface area contributed by atoms with Crippen LogP contribution in [0.15, 0.2) is 34.7 Å². The molecule has 0 aliphatic heterocycles. The van der Waals surface area contributed by atoms with Crippen LogP contribution < -0.4 is 10.1 Å². The Balaban J connectivity index is 1.99. The third-order valence-electron chi connectivity index (χ3n) is 2.78. The Morgan fingerprint density at radius 2 is 1.89 bits per heavy atom. The molecule has 1 aromatic heterocycles. The molecule has 0 aliphatic rings. The van der Waals surface area contributed by atoms with Crippen LogP contribution in [0.25, 0.3) is 0 Å². The van der Waals surface area contributed by atoms with E-state index >= 15 is 0 Å². The molecule has 0 aliphatic carbocycles. The molecule has 3 nitrogen and oxygen atoms in total. The average Bonchev–Trinajstić information content (AvgIpc) is 2.79. The Labute approximate surface area is 108 Å². The molecule has 0 spiro atoms. The van der Waals surface area contributed by atoms with Crippen LogP contribution in [0.3, 0.4) is 0 Å². The van der Waals surface area contributed by atoms with Gasteiger partial charge in [0.15, 0.2) is 0 Å². The van der Waals surface area contributed by atoms with E-state index in [0.29, 0.717) is 6.61 Å². The SMILES string of the molecule is CNCc1ccc(COc2cc(C)ccc2C)o1. The maximum absolute atomic E-state index is 5.78. The Bertz CT molecular complexity index is 517. The van der Waals surface area contributed by atoms with Gasteiger partial charge in [-0.25, -0.2) is 0 Å². The van der Waals surface area contributed by atoms with E-state index in [-0.39, 0.29) is 0 Å². The summed E-state index contributed by atoms with van der Waals surface area (Å²) >= 11 is 0. The molecular weight excluding hydrogens is 226 g/mol. The van der Waals surface area contributed by atoms with Gasteiger partial charge in [0.25, 0.3) is 0 Å². The van der Waals surface area contributed by atoms with Crippen LogP contribution in [0.1, 0.15) is 22.6 Å². The minimum absolute atomic E-state index is 0.466. The van der Waals surface area contributed by atoms with Crippen LogP contribution in [0.5, 0.6) is 5.75 Å². The maximum atomic E-state index is 5.78. The summed E-state index contributed by atoms with van der Waals surface area (Å²) in [6, 6.07) is 10.1. The van der Waals surface area contributed by atoms with E-state index in [0.717, 1.165) is 29.4 Å². The minimum atomic E-state index is 0.466. The number of benzene rings is 1. The van der Waals surface area contributed by atoms with Crippen molar-refractivity contribution in [3.63, 3.8) is 0 Å². The molecule has 0 atom stereocenters. The van der Waals surface area contributed by atoms with Crippen molar-refractivity contribution in [3.05, 3.63) is 53.0 Å². The second kappa shape index (κ2) is 5.74. The van der Waals surface area contributed by atoms with Gasteiger partial charge in [-0.3, -0.25) is 0 Å². The quantitative estimate of drug-likeness (QED) is 0.878. The fourth-order valence-corrected chi connectivity index (χ4v) is 1.78. The van der Waals surface area contributed by atoms with Crippen LogP contribution in [-0.4, -0.2) is 7.05 Å². The highest BCUT2D eigenvalue weighted by Crippen LogP contribution is 2.20. The van der Waals surface area contributed by atoms with Gasteiger partial charge in [0.05, 0.1) is 6.54 Å². The van der Waals surface area contributed by atoms with Gasteiger partial charge in [0, 0.05) is 0 Å². The Kier molecular flexibility index (Phi) is 4.05. The van der Waals surface area contributed by atoms with Gasteiger partial charge in [0.2, 0.25) is 0 Å². The molecule has 0 saturated carbocycles. The van der Waals surface area contributed by atoms with Crippen LogP contribution in [0.2, 0.25) is 0 Å². The van der Waals surface area contributed by atoms with Crippen molar-refractivity contribution >= 4 is 0 Å². The number of furan rings is 1. The third kappa shape index (κ3) is 3.14. The van der Waals surface area contributed by atoms with Gasteiger partial charge in [-0.05, 0) is 50.2 Å². The molecule has 18 heavy (non-hydrogen) atoms. The highest BCUT2D eigenvalue weighted by Gasteiger charge is 2.04. The second-order valence-electron chi connectivity index (χ2n) is 4.46. The minimum Gasteiger partial charge on any atom is -0.485 e. The van der Waals surface area contributed by atoms with Gasteiger partial charge < -0.3 is 14.5 Å². The molecular formula is C15H19NO2. The van der Waals surface area contributed by atoms with Gasteiger partial charge in [-0.15, -0.1) is 0 Å². The van der Waals surface area contributed by atoms with Crippen LogP contribution in [-0.2, 0) is 13.2 Å². The summed E-state index contributed by atoms with van der Waals surface area (Å²) in [5.74, 6) is 2.69. The summed E-state index contributed by atoms with van der Waals surface area (Å²) in [5, 5.41) is 3.05. The fraction of sp³-hybridized carbons (Fsp3) is 0.333. The van der Waals surface area contributed by atoms with Crippen molar-refractivity contribution in [2.75, 3.05) is 7.05 Å². The Morgan fingerprint density at radius 3 is 2.67 bits per heavy atom. The molecule has 0 amide bonds. The predicted octanol–water partition coefficient (Wildman–Crippen LogP) is 3.19. The van der Waals surface area contributed by atoms with E-state index in [9.17, 15) is 0 Å². The second-order valence-corrected chi connectivity index (χ2v) is 4.46. The summed E-state index contributed by atoms with van der Waals surface area (Å²) in [7, 11) is 1.90. The predicted molar refractivity (Wildman–Crippen MR) is 71.7 cm³/mol. The van der Waals surface area contributed by atoms with E-state index in [2.05, 4.69) is 24.4 Å². The first-order valence-electron chi connectivity index (χ1n) is 6.11. The molecule has 0 radical (unpaired) electrons. The van der Waals surface area contributed by atoms with Crippen molar-refractivity contribution < 1.29 is 9.15 Å². The first kappa shape index (κ1) is 12.7. The maximum Gasteiger partial charge on any atom is 0.146 e. The smallest absolute Gasteiger partial charge is 0.146 e. The lowest BCUT2D eigenvalue weighted by Crippen LogP contribution is -2.03. The number of aryl methyl sites for hydroxylation is 2. The van der Waals surface area contributed by atoms with E-state index < -0.39 is 0 Å². The van der Waals surface area contributed by atoms with Crippen molar-refractivity contribution in [2.45, 2.75) is 27.0 Å². The molecule has 2 aromatic rings. The van der Waals surface area contributed by atoms with E-state index in [1.165, 1.54) is 5.56 Å². The van der Waals surface area contributed by atoms with Crippen molar-refractivity contribution in [2.24, 2.45) is 0 Å². The van der Waals surface area contributed by atoms with Gasteiger partial charge in [0.1, 0.15) is 23.9 Å². The van der Waals surface area contributed by atoms with Crippen LogP contribution in [0.4, 0.5) is 0 Å². The standard InChI is InChI=1S/C15H19NO2/c1-11-4-5-12(2)15(8-11)17-10-14-7-6-13(18-14)9-16-3/h4-8,16H,9-10H2,1-3H3. The zero-order valence-electron chi connectivity index (χ0n) is 11.1. The summed E-state index contributed by atoms with van der Waals surface area (Å²) in [4.78, 5) is 0. The molecule has 1 heterocycles. The molecule has 0 unspecified atom stereocenters. The van der Waals surface area contributed by atoms with Crippen molar-refractivity contribution in [3.8, 4) is 5.75 Å². The number of rotatable bonds is 5. The normalized spacial score (nSPS) is 10.6. The number of ether oxygens (including phenoxy) is 1. The Morgan fingerprint density at radius 1 is 1.11 bits per heavy atom. The fourth-order valence-electron chi connectivity index (χ4n) is 1.78. The van der Waals surface area contributed by atoms with Gasteiger partial charge in [-0.2, -0.15) is 0 Å². The van der Waals surface area contributed by atoms with Crippen molar-refractivity contribution in [1.29, 1.82) is 0 Å². The first-order chi connectivity index (χ1) is 8.69. The molecule has 3 heteroatoms. The summed E-state index contributed by atoms with van der Waals surface area (Å²) in [6.45, 7) is 5.31. The highest BCUT2D eigenvalue weighted by atomic mass is 16.5. The zero-order chi connectivity index (χ0) is 13.0. The topological polar surface area (TPSA) is 34.4 Å². The molecule has 0 fully saturated rings. The lowest BCUT2D eigenvalue weighted by molar-refractivity contribution is 0.263. The largest absolute Gasteiger partial charge is 0.485 e. The Hall–Kier alpha value is -1.74. The van der Waals surface area contributed by atoms with Crippen LogP contribution in [0, 0.1) is 13.8 Å². The lowest BCUT2D eigenvalue weighted by atomic mass is 10.1. The third-order valence-corrected chi connectivity index (χ3v) is 2.78. The van der Waals surface area contributed by atoms with Crippen LogP contribution >= 0.6 is 0 Å². The van der Waals surface area contributed by atoms with Crippen molar-refractivity contribution in [1.82, 2.24) is 5.32 Å². The zero-order valence-corrected chi connectivity index (χ0v) is 11.1. The van der Waals surface area contributed by atoms with Gasteiger partial charge >= 0.3 is 0 Å². The molecule has 2 rings (SSSR count). The number of hydrogen-bond donors (Lipinski definition) is 1. The molecule has 1 aromatic carbocycles. The highest BCUT2D eigenvalue weighted by molar-refractivity contribution is 5.36.